The molecule has 18 heavy (non-hydrogen) atoms. The lowest BCUT2D eigenvalue weighted by molar-refractivity contribution is 0.0694. The minimum Gasteiger partial charge on any atom is -0.337 e. The van der Waals surface area contributed by atoms with E-state index in [0.29, 0.717) is 19.6 Å². The Balaban J connectivity index is 2.86. The summed E-state index contributed by atoms with van der Waals surface area (Å²) in [4.78, 5) is 31.0. The van der Waals surface area contributed by atoms with E-state index in [4.69, 9.17) is 5.73 Å². The van der Waals surface area contributed by atoms with Crippen molar-refractivity contribution in [3.05, 3.63) is 28.4 Å². The standard InChI is InChI=1S/C12H20N4O2/c1-4-16(8-12(2,3)7-13)11(18)9-5-15-10(17)6-14-9/h5-6H,4,7-8,13H2,1-3H3,(H,15,17). The largest absolute Gasteiger partial charge is 0.337 e. The Kier molecular flexibility index (Phi) is 4.61. The van der Waals surface area contributed by atoms with E-state index in [9.17, 15) is 9.59 Å². The fraction of sp³-hybridized carbons (Fsp3) is 0.583. The predicted octanol–water partition coefficient (Wildman–Crippen LogP) is 0.217. The highest BCUT2D eigenvalue weighted by molar-refractivity contribution is 5.91. The summed E-state index contributed by atoms with van der Waals surface area (Å²) in [6, 6.07) is 0. The van der Waals surface area contributed by atoms with E-state index in [1.54, 1.807) is 4.90 Å². The van der Waals surface area contributed by atoms with Crippen LogP contribution in [0.5, 0.6) is 0 Å². The van der Waals surface area contributed by atoms with Crippen molar-refractivity contribution in [2.24, 2.45) is 11.1 Å². The van der Waals surface area contributed by atoms with Gasteiger partial charge in [-0.05, 0) is 18.9 Å². The van der Waals surface area contributed by atoms with Crippen LogP contribution < -0.4 is 11.3 Å². The molecule has 0 aromatic carbocycles. The van der Waals surface area contributed by atoms with E-state index >= 15 is 0 Å². The van der Waals surface area contributed by atoms with Gasteiger partial charge in [0.1, 0.15) is 5.69 Å². The lowest BCUT2D eigenvalue weighted by atomic mass is 9.93. The molecule has 0 aliphatic rings. The number of nitrogens with one attached hydrogen (secondary N) is 1. The number of nitrogens with two attached hydrogens (primary N) is 1. The van der Waals surface area contributed by atoms with Gasteiger partial charge in [-0.15, -0.1) is 0 Å². The molecule has 1 amide bonds. The van der Waals surface area contributed by atoms with Crippen molar-refractivity contribution in [2.75, 3.05) is 19.6 Å². The molecule has 100 valence electrons. The maximum atomic E-state index is 12.2. The summed E-state index contributed by atoms with van der Waals surface area (Å²) in [6.07, 6.45) is 2.44. The zero-order chi connectivity index (χ0) is 13.8. The quantitative estimate of drug-likeness (QED) is 0.784. The number of carbonyl (C=O) groups excluding carboxylic acids is 1. The van der Waals surface area contributed by atoms with Crippen LogP contribution >= 0.6 is 0 Å². The lowest BCUT2D eigenvalue weighted by Gasteiger charge is -2.30. The first-order valence-corrected chi connectivity index (χ1v) is 5.93. The summed E-state index contributed by atoms with van der Waals surface area (Å²) in [6.45, 7) is 7.53. The van der Waals surface area contributed by atoms with Crippen molar-refractivity contribution in [2.45, 2.75) is 20.8 Å². The van der Waals surface area contributed by atoms with E-state index < -0.39 is 0 Å². The Bertz CT molecular complexity index is 447. The summed E-state index contributed by atoms with van der Waals surface area (Å²) in [7, 11) is 0. The number of amides is 1. The second-order valence-corrected chi connectivity index (χ2v) is 4.98. The average molecular weight is 252 g/mol. The van der Waals surface area contributed by atoms with Crippen LogP contribution in [0.2, 0.25) is 0 Å². The molecule has 1 aromatic heterocycles. The minimum absolute atomic E-state index is 0.145. The highest BCUT2D eigenvalue weighted by atomic mass is 16.2. The van der Waals surface area contributed by atoms with E-state index in [0.717, 1.165) is 6.20 Å². The van der Waals surface area contributed by atoms with Crippen LogP contribution in [0.4, 0.5) is 0 Å². The van der Waals surface area contributed by atoms with Gasteiger partial charge in [-0.1, -0.05) is 13.8 Å². The van der Waals surface area contributed by atoms with Gasteiger partial charge in [0.05, 0.1) is 6.20 Å². The number of aromatic nitrogens is 2. The monoisotopic (exact) mass is 252 g/mol. The van der Waals surface area contributed by atoms with Crippen molar-refractivity contribution in [3.8, 4) is 0 Å². The van der Waals surface area contributed by atoms with Crippen LogP contribution in [0.1, 0.15) is 31.3 Å². The molecule has 0 saturated heterocycles. The Morgan fingerprint density at radius 2 is 2.22 bits per heavy atom. The van der Waals surface area contributed by atoms with Crippen molar-refractivity contribution >= 4 is 5.91 Å². The predicted molar refractivity (Wildman–Crippen MR) is 69.3 cm³/mol. The SMILES string of the molecule is CCN(CC(C)(C)CN)C(=O)c1c[nH]c(=O)cn1. The molecule has 6 nitrogen and oxygen atoms in total. The third-order valence-corrected chi connectivity index (χ3v) is 2.73. The number of hydrogen-bond acceptors (Lipinski definition) is 4. The van der Waals surface area contributed by atoms with Gasteiger partial charge in [0.2, 0.25) is 0 Å². The molecular formula is C12H20N4O2. The van der Waals surface area contributed by atoms with Gasteiger partial charge in [0.15, 0.2) is 0 Å². The van der Waals surface area contributed by atoms with Gasteiger partial charge >= 0.3 is 0 Å². The van der Waals surface area contributed by atoms with Gasteiger partial charge in [0.25, 0.3) is 11.5 Å². The second kappa shape index (κ2) is 5.77. The Morgan fingerprint density at radius 1 is 1.56 bits per heavy atom. The summed E-state index contributed by atoms with van der Waals surface area (Å²) in [5, 5.41) is 0. The summed E-state index contributed by atoms with van der Waals surface area (Å²) in [5.74, 6) is -0.199. The third-order valence-electron chi connectivity index (χ3n) is 2.73. The number of nitrogens with zero attached hydrogens (tertiary/aromatic N) is 2. The molecule has 0 unspecified atom stereocenters. The summed E-state index contributed by atoms with van der Waals surface area (Å²) in [5.41, 5.74) is 5.44. The molecule has 1 aromatic rings. The molecular weight excluding hydrogens is 232 g/mol. The zero-order valence-corrected chi connectivity index (χ0v) is 11.1. The molecule has 1 rings (SSSR count). The number of H-pyrrole nitrogens is 1. The minimum atomic E-state index is -0.322. The molecule has 0 bridgehead atoms. The van der Waals surface area contributed by atoms with Crippen molar-refractivity contribution in [1.82, 2.24) is 14.9 Å². The van der Waals surface area contributed by atoms with Gasteiger partial charge in [-0.25, -0.2) is 4.98 Å². The number of hydrogen-bond donors (Lipinski definition) is 2. The molecule has 0 aliphatic heterocycles. The van der Waals surface area contributed by atoms with E-state index in [1.165, 1.54) is 6.20 Å². The number of rotatable bonds is 5. The van der Waals surface area contributed by atoms with Crippen LogP contribution in [0.3, 0.4) is 0 Å². The van der Waals surface area contributed by atoms with Crippen LogP contribution in [0.15, 0.2) is 17.2 Å². The molecule has 0 radical (unpaired) electrons. The first-order chi connectivity index (χ1) is 8.39. The first-order valence-electron chi connectivity index (χ1n) is 5.93. The van der Waals surface area contributed by atoms with Crippen molar-refractivity contribution in [1.29, 1.82) is 0 Å². The number of aromatic amines is 1. The first kappa shape index (κ1) is 14.4. The maximum absolute atomic E-state index is 12.2. The topological polar surface area (TPSA) is 92.1 Å². The molecule has 1 heterocycles. The lowest BCUT2D eigenvalue weighted by Crippen LogP contribution is -2.42. The maximum Gasteiger partial charge on any atom is 0.273 e. The van der Waals surface area contributed by atoms with Crippen LogP contribution in [0.25, 0.3) is 0 Å². The fourth-order valence-corrected chi connectivity index (χ4v) is 1.53. The fourth-order valence-electron chi connectivity index (χ4n) is 1.53. The summed E-state index contributed by atoms with van der Waals surface area (Å²) >= 11 is 0. The van der Waals surface area contributed by atoms with Gasteiger partial charge in [0, 0.05) is 19.3 Å². The van der Waals surface area contributed by atoms with Crippen LogP contribution in [-0.2, 0) is 0 Å². The second-order valence-electron chi connectivity index (χ2n) is 4.98. The smallest absolute Gasteiger partial charge is 0.273 e. The molecule has 0 saturated carbocycles. The molecule has 0 fully saturated rings. The molecule has 0 spiro atoms. The van der Waals surface area contributed by atoms with Gasteiger partial charge < -0.3 is 15.6 Å². The highest BCUT2D eigenvalue weighted by Gasteiger charge is 2.24. The van der Waals surface area contributed by atoms with E-state index in [2.05, 4.69) is 9.97 Å². The summed E-state index contributed by atoms with van der Waals surface area (Å²) < 4.78 is 0. The Morgan fingerprint density at radius 3 is 2.67 bits per heavy atom. The Labute approximate surface area is 106 Å². The molecule has 0 aliphatic carbocycles. The van der Waals surface area contributed by atoms with E-state index in [-0.39, 0.29) is 22.6 Å². The molecule has 0 atom stereocenters. The van der Waals surface area contributed by atoms with Crippen molar-refractivity contribution in [3.63, 3.8) is 0 Å². The van der Waals surface area contributed by atoms with Crippen LogP contribution in [0, 0.1) is 5.41 Å². The van der Waals surface area contributed by atoms with Gasteiger partial charge in [-0.3, -0.25) is 9.59 Å². The zero-order valence-electron chi connectivity index (χ0n) is 11.1. The Hall–Kier alpha value is -1.69. The number of carbonyl (C=O) groups is 1. The van der Waals surface area contributed by atoms with Gasteiger partial charge in [-0.2, -0.15) is 0 Å². The highest BCUT2D eigenvalue weighted by Crippen LogP contribution is 2.15. The van der Waals surface area contributed by atoms with Crippen LogP contribution in [-0.4, -0.2) is 40.4 Å². The third kappa shape index (κ3) is 3.66. The molecule has 6 heteroatoms. The molecule has 3 N–H and O–H groups in total. The van der Waals surface area contributed by atoms with Crippen molar-refractivity contribution < 1.29 is 4.79 Å². The van der Waals surface area contributed by atoms with E-state index in [1.807, 2.05) is 20.8 Å². The average Bonchev–Trinajstić information content (AvgIpc) is 2.36. The normalized spacial score (nSPS) is 11.3.